The SMILES string of the molecule is Cc1c(-c2cccnc2N)nc2cnc(-c3ccc(F)cc3)cn12. The molecule has 0 aliphatic carbocycles. The van der Waals surface area contributed by atoms with Gasteiger partial charge in [-0.1, -0.05) is 0 Å². The van der Waals surface area contributed by atoms with Crippen molar-refractivity contribution in [3.05, 3.63) is 66.5 Å². The van der Waals surface area contributed by atoms with Gasteiger partial charge in [-0.3, -0.25) is 4.98 Å². The van der Waals surface area contributed by atoms with Gasteiger partial charge in [0.15, 0.2) is 5.65 Å². The summed E-state index contributed by atoms with van der Waals surface area (Å²) in [7, 11) is 0. The van der Waals surface area contributed by atoms with Crippen LogP contribution in [-0.2, 0) is 0 Å². The number of hydrogen-bond donors (Lipinski definition) is 1. The summed E-state index contributed by atoms with van der Waals surface area (Å²) in [6, 6.07) is 9.97. The maximum absolute atomic E-state index is 13.1. The van der Waals surface area contributed by atoms with Crippen molar-refractivity contribution in [3.8, 4) is 22.5 Å². The average molecular weight is 319 g/mol. The second kappa shape index (κ2) is 5.42. The minimum absolute atomic E-state index is 0.270. The molecule has 1 aromatic carbocycles. The summed E-state index contributed by atoms with van der Waals surface area (Å²) in [6.07, 6.45) is 5.24. The lowest BCUT2D eigenvalue weighted by atomic mass is 10.1. The molecule has 0 aliphatic rings. The molecule has 0 bridgehead atoms. The van der Waals surface area contributed by atoms with Crippen LogP contribution in [0.3, 0.4) is 0 Å². The van der Waals surface area contributed by atoms with Gasteiger partial charge in [-0.05, 0) is 43.3 Å². The zero-order chi connectivity index (χ0) is 16.7. The van der Waals surface area contributed by atoms with Gasteiger partial charge in [-0.2, -0.15) is 0 Å². The minimum atomic E-state index is -0.270. The van der Waals surface area contributed by atoms with Crippen molar-refractivity contribution in [3.63, 3.8) is 0 Å². The lowest BCUT2D eigenvalue weighted by Gasteiger charge is -2.04. The first-order valence-corrected chi connectivity index (χ1v) is 7.45. The molecule has 118 valence electrons. The Morgan fingerprint density at radius 2 is 1.88 bits per heavy atom. The minimum Gasteiger partial charge on any atom is -0.383 e. The van der Waals surface area contributed by atoms with Crippen molar-refractivity contribution in [2.24, 2.45) is 0 Å². The van der Waals surface area contributed by atoms with Crippen molar-refractivity contribution in [2.75, 3.05) is 5.73 Å². The molecule has 0 saturated heterocycles. The molecule has 0 unspecified atom stereocenters. The Labute approximate surface area is 137 Å². The largest absolute Gasteiger partial charge is 0.383 e. The van der Waals surface area contributed by atoms with Crippen LogP contribution in [-0.4, -0.2) is 19.4 Å². The predicted octanol–water partition coefficient (Wildman–Crippen LogP) is 3.49. The number of fused-ring (bicyclic) bond motifs is 1. The van der Waals surface area contributed by atoms with E-state index in [0.717, 1.165) is 33.9 Å². The average Bonchev–Trinajstić information content (AvgIpc) is 2.92. The van der Waals surface area contributed by atoms with E-state index >= 15 is 0 Å². The lowest BCUT2D eigenvalue weighted by Crippen LogP contribution is -1.95. The highest BCUT2D eigenvalue weighted by atomic mass is 19.1. The molecule has 0 amide bonds. The molecule has 3 heterocycles. The third-order valence-electron chi connectivity index (χ3n) is 3.98. The van der Waals surface area contributed by atoms with E-state index in [4.69, 9.17) is 5.73 Å². The number of hydrogen-bond acceptors (Lipinski definition) is 4. The Balaban J connectivity index is 1.88. The van der Waals surface area contributed by atoms with Crippen LogP contribution in [0.2, 0.25) is 0 Å². The summed E-state index contributed by atoms with van der Waals surface area (Å²) in [6.45, 7) is 1.97. The number of benzene rings is 1. The molecule has 0 aliphatic heterocycles. The molecule has 24 heavy (non-hydrogen) atoms. The summed E-state index contributed by atoms with van der Waals surface area (Å²) >= 11 is 0. The fourth-order valence-electron chi connectivity index (χ4n) is 2.71. The maximum Gasteiger partial charge on any atom is 0.156 e. The van der Waals surface area contributed by atoms with E-state index in [1.54, 1.807) is 24.5 Å². The van der Waals surface area contributed by atoms with E-state index in [9.17, 15) is 4.39 Å². The van der Waals surface area contributed by atoms with Crippen molar-refractivity contribution in [2.45, 2.75) is 6.92 Å². The Bertz CT molecular complexity index is 1040. The van der Waals surface area contributed by atoms with Gasteiger partial charge in [0.1, 0.15) is 11.6 Å². The zero-order valence-corrected chi connectivity index (χ0v) is 12.9. The van der Waals surface area contributed by atoms with Crippen molar-refractivity contribution >= 4 is 11.5 Å². The van der Waals surface area contributed by atoms with Crippen LogP contribution < -0.4 is 5.73 Å². The number of halogens is 1. The van der Waals surface area contributed by atoms with Crippen LogP contribution in [0.5, 0.6) is 0 Å². The summed E-state index contributed by atoms with van der Waals surface area (Å²) in [5.74, 6) is 0.170. The Morgan fingerprint density at radius 1 is 1.08 bits per heavy atom. The number of anilines is 1. The van der Waals surface area contributed by atoms with Gasteiger partial charge in [0.25, 0.3) is 0 Å². The highest BCUT2D eigenvalue weighted by Gasteiger charge is 2.14. The number of pyridine rings is 1. The lowest BCUT2D eigenvalue weighted by molar-refractivity contribution is 0.628. The topological polar surface area (TPSA) is 69.1 Å². The molecular weight excluding hydrogens is 305 g/mol. The number of imidazole rings is 1. The first-order chi connectivity index (χ1) is 11.6. The fraction of sp³-hybridized carbons (Fsp3) is 0.0556. The maximum atomic E-state index is 13.1. The predicted molar refractivity (Wildman–Crippen MR) is 90.8 cm³/mol. The number of aromatic nitrogens is 4. The van der Waals surface area contributed by atoms with Gasteiger partial charge in [0.05, 0.1) is 17.6 Å². The van der Waals surface area contributed by atoms with Crippen molar-refractivity contribution in [1.29, 1.82) is 0 Å². The van der Waals surface area contributed by atoms with Gasteiger partial charge in [0.2, 0.25) is 0 Å². The molecule has 4 rings (SSSR count). The third kappa shape index (κ3) is 2.28. The highest BCUT2D eigenvalue weighted by Crippen LogP contribution is 2.28. The van der Waals surface area contributed by atoms with Crippen LogP contribution in [0.4, 0.5) is 10.2 Å². The van der Waals surface area contributed by atoms with Gasteiger partial charge in [-0.15, -0.1) is 0 Å². The second-order valence-electron chi connectivity index (χ2n) is 5.49. The van der Waals surface area contributed by atoms with E-state index < -0.39 is 0 Å². The quantitative estimate of drug-likeness (QED) is 0.614. The van der Waals surface area contributed by atoms with Crippen LogP contribution in [0.1, 0.15) is 5.69 Å². The van der Waals surface area contributed by atoms with Crippen LogP contribution in [0.15, 0.2) is 55.0 Å². The molecule has 4 aromatic rings. The van der Waals surface area contributed by atoms with E-state index in [2.05, 4.69) is 15.0 Å². The highest BCUT2D eigenvalue weighted by molar-refractivity contribution is 5.75. The number of aryl methyl sites for hydroxylation is 1. The molecule has 6 heteroatoms. The van der Waals surface area contributed by atoms with Gasteiger partial charge in [0, 0.05) is 29.2 Å². The molecule has 5 nitrogen and oxygen atoms in total. The fourth-order valence-corrected chi connectivity index (χ4v) is 2.71. The monoisotopic (exact) mass is 319 g/mol. The normalized spacial score (nSPS) is 11.1. The second-order valence-corrected chi connectivity index (χ2v) is 5.49. The van der Waals surface area contributed by atoms with E-state index in [0.29, 0.717) is 5.82 Å². The molecule has 0 fully saturated rings. The first-order valence-electron chi connectivity index (χ1n) is 7.45. The summed E-state index contributed by atoms with van der Waals surface area (Å²) < 4.78 is 15.0. The molecule has 0 radical (unpaired) electrons. The summed E-state index contributed by atoms with van der Waals surface area (Å²) in [5.41, 5.74) is 10.8. The van der Waals surface area contributed by atoms with E-state index in [1.807, 2.05) is 29.7 Å². The first kappa shape index (κ1) is 14.3. The third-order valence-corrected chi connectivity index (χ3v) is 3.98. The van der Waals surface area contributed by atoms with Crippen LogP contribution in [0, 0.1) is 12.7 Å². The number of nitrogen functional groups attached to an aromatic ring is 1. The van der Waals surface area contributed by atoms with Crippen LogP contribution >= 0.6 is 0 Å². The van der Waals surface area contributed by atoms with Crippen LogP contribution in [0.25, 0.3) is 28.2 Å². The van der Waals surface area contributed by atoms with Gasteiger partial charge >= 0.3 is 0 Å². The molecule has 2 N–H and O–H groups in total. The van der Waals surface area contributed by atoms with Gasteiger partial charge < -0.3 is 10.1 Å². The number of nitrogens with two attached hydrogens (primary N) is 1. The number of nitrogens with zero attached hydrogens (tertiary/aromatic N) is 4. The van der Waals surface area contributed by atoms with Crippen molar-refractivity contribution in [1.82, 2.24) is 19.4 Å². The van der Waals surface area contributed by atoms with E-state index in [1.165, 1.54) is 12.1 Å². The standard InChI is InChI=1S/C18H14FN5/c1-11-17(14-3-2-8-21-18(14)20)23-16-9-22-15(10-24(11)16)12-4-6-13(19)7-5-12/h2-10H,1H3,(H2,20,21). The van der Waals surface area contributed by atoms with E-state index in [-0.39, 0.29) is 5.82 Å². The molecular formula is C18H14FN5. The Morgan fingerprint density at radius 3 is 2.62 bits per heavy atom. The summed E-state index contributed by atoms with van der Waals surface area (Å²) in [5, 5.41) is 0. The Kier molecular flexibility index (Phi) is 3.23. The van der Waals surface area contributed by atoms with Crippen molar-refractivity contribution < 1.29 is 4.39 Å². The molecule has 0 atom stereocenters. The smallest absolute Gasteiger partial charge is 0.156 e. The Hall–Kier alpha value is -3.28. The molecule has 3 aromatic heterocycles. The molecule has 0 saturated carbocycles. The van der Waals surface area contributed by atoms with Gasteiger partial charge in [-0.25, -0.2) is 14.4 Å². The number of rotatable bonds is 2. The zero-order valence-electron chi connectivity index (χ0n) is 12.9. The summed E-state index contributed by atoms with van der Waals surface area (Å²) in [4.78, 5) is 13.2. The molecule has 0 spiro atoms.